The van der Waals surface area contributed by atoms with Crippen LogP contribution in [0.2, 0.25) is 0 Å². The highest BCUT2D eigenvalue weighted by Crippen LogP contribution is 2.18. The van der Waals surface area contributed by atoms with Crippen molar-refractivity contribution >= 4 is 45.8 Å². The Bertz CT molecular complexity index is 874. The Hall–Kier alpha value is -2.67. The zero-order valence-electron chi connectivity index (χ0n) is 14.1. The van der Waals surface area contributed by atoms with E-state index in [2.05, 4.69) is 33.2 Å². The molecule has 0 aromatic heterocycles. The molecule has 5 heteroatoms. The second kappa shape index (κ2) is 8.14. The Labute approximate surface area is 165 Å². The average molecular weight is 456 g/mol. The molecule has 3 aromatic carbocycles. The Morgan fingerprint density at radius 1 is 0.692 bits per heavy atom. The second-order valence-electron chi connectivity index (χ2n) is 5.78. The van der Waals surface area contributed by atoms with Crippen molar-refractivity contribution < 1.29 is 9.59 Å². The maximum atomic E-state index is 12.3. The van der Waals surface area contributed by atoms with Crippen molar-refractivity contribution in [3.63, 3.8) is 0 Å². The molecule has 3 rings (SSSR count). The van der Waals surface area contributed by atoms with Gasteiger partial charge >= 0.3 is 0 Å². The molecule has 0 spiro atoms. The number of nitrogens with one attached hydrogen (secondary N) is 2. The third-order valence-corrected chi connectivity index (χ3v) is 4.85. The van der Waals surface area contributed by atoms with E-state index in [9.17, 15) is 9.59 Å². The molecule has 4 nitrogen and oxygen atoms in total. The zero-order valence-corrected chi connectivity index (χ0v) is 16.3. The van der Waals surface area contributed by atoms with Crippen LogP contribution >= 0.6 is 22.6 Å². The highest BCUT2D eigenvalue weighted by atomic mass is 127. The van der Waals surface area contributed by atoms with Gasteiger partial charge in [0.05, 0.1) is 5.56 Å². The Morgan fingerprint density at radius 3 is 1.69 bits per heavy atom. The van der Waals surface area contributed by atoms with Crippen molar-refractivity contribution in [3.05, 3.63) is 93.1 Å². The van der Waals surface area contributed by atoms with Gasteiger partial charge < -0.3 is 10.6 Å². The van der Waals surface area contributed by atoms with Crippen molar-refractivity contribution in [1.82, 2.24) is 0 Å². The summed E-state index contributed by atoms with van der Waals surface area (Å²) in [6.07, 6.45) is 0. The van der Waals surface area contributed by atoms with Crippen molar-refractivity contribution in [2.75, 3.05) is 10.6 Å². The lowest BCUT2D eigenvalue weighted by Gasteiger charge is -2.10. The summed E-state index contributed by atoms with van der Waals surface area (Å²) in [6.45, 7) is 1.90. The molecule has 0 radical (unpaired) electrons. The predicted octanol–water partition coefficient (Wildman–Crippen LogP) is 5.10. The minimum atomic E-state index is -0.160. The third kappa shape index (κ3) is 4.29. The number of carbonyl (C=O) groups is 2. The minimum Gasteiger partial charge on any atom is -0.322 e. The van der Waals surface area contributed by atoms with Gasteiger partial charge in [0, 0.05) is 20.5 Å². The number of halogens is 1. The van der Waals surface area contributed by atoms with Crippen LogP contribution in [0.3, 0.4) is 0 Å². The van der Waals surface area contributed by atoms with E-state index in [1.54, 1.807) is 36.4 Å². The molecule has 0 saturated carbocycles. The summed E-state index contributed by atoms with van der Waals surface area (Å²) in [7, 11) is 0. The quantitative estimate of drug-likeness (QED) is 0.537. The van der Waals surface area contributed by atoms with Crippen LogP contribution in [0, 0.1) is 10.5 Å². The Balaban J connectivity index is 1.67. The first kappa shape index (κ1) is 18.1. The number of hydrogen-bond donors (Lipinski definition) is 2. The van der Waals surface area contributed by atoms with E-state index in [1.165, 1.54) is 0 Å². The van der Waals surface area contributed by atoms with Crippen LogP contribution in [-0.4, -0.2) is 11.8 Å². The van der Waals surface area contributed by atoms with Gasteiger partial charge in [-0.2, -0.15) is 0 Å². The van der Waals surface area contributed by atoms with E-state index in [4.69, 9.17) is 0 Å². The monoisotopic (exact) mass is 456 g/mol. The topological polar surface area (TPSA) is 58.2 Å². The van der Waals surface area contributed by atoms with Gasteiger partial charge in [-0.3, -0.25) is 9.59 Å². The van der Waals surface area contributed by atoms with Crippen molar-refractivity contribution in [3.8, 4) is 0 Å². The lowest BCUT2D eigenvalue weighted by molar-refractivity contribution is 0.101. The van der Waals surface area contributed by atoms with Gasteiger partial charge in [-0.05, 0) is 77.5 Å². The number of anilines is 2. The highest BCUT2D eigenvalue weighted by Gasteiger charge is 2.11. The van der Waals surface area contributed by atoms with Crippen LogP contribution in [0.15, 0.2) is 72.8 Å². The molecule has 0 aliphatic rings. The van der Waals surface area contributed by atoms with Gasteiger partial charge in [-0.1, -0.05) is 30.3 Å². The van der Waals surface area contributed by atoms with E-state index in [0.717, 1.165) is 9.13 Å². The SMILES string of the molecule is Cc1ccccc1C(=O)Nc1ccc(NC(=O)c2ccccc2I)cc1. The maximum absolute atomic E-state index is 12.3. The van der Waals surface area contributed by atoms with E-state index in [1.807, 2.05) is 43.3 Å². The zero-order chi connectivity index (χ0) is 18.5. The average Bonchev–Trinajstić information content (AvgIpc) is 2.64. The van der Waals surface area contributed by atoms with Gasteiger partial charge in [0.2, 0.25) is 0 Å². The molecule has 0 bridgehead atoms. The van der Waals surface area contributed by atoms with Gasteiger partial charge in [-0.15, -0.1) is 0 Å². The maximum Gasteiger partial charge on any atom is 0.256 e. The number of aryl methyl sites for hydroxylation is 1. The summed E-state index contributed by atoms with van der Waals surface area (Å²) in [4.78, 5) is 24.7. The van der Waals surface area contributed by atoms with Crippen LogP contribution in [0.1, 0.15) is 26.3 Å². The molecule has 0 unspecified atom stereocenters. The van der Waals surface area contributed by atoms with Gasteiger partial charge in [-0.25, -0.2) is 0 Å². The molecular formula is C21H17IN2O2. The summed E-state index contributed by atoms with van der Waals surface area (Å²) < 4.78 is 0.893. The number of amides is 2. The first-order valence-electron chi connectivity index (χ1n) is 8.07. The Morgan fingerprint density at radius 2 is 1.15 bits per heavy atom. The van der Waals surface area contributed by atoms with E-state index < -0.39 is 0 Å². The molecule has 0 heterocycles. The number of hydrogen-bond acceptors (Lipinski definition) is 2. The normalized spacial score (nSPS) is 10.2. The molecule has 0 aliphatic carbocycles. The lowest BCUT2D eigenvalue weighted by Crippen LogP contribution is -2.14. The smallest absolute Gasteiger partial charge is 0.256 e. The van der Waals surface area contributed by atoms with Crippen molar-refractivity contribution in [1.29, 1.82) is 0 Å². The van der Waals surface area contributed by atoms with E-state index in [-0.39, 0.29) is 11.8 Å². The lowest BCUT2D eigenvalue weighted by atomic mass is 10.1. The summed E-state index contributed by atoms with van der Waals surface area (Å²) in [5, 5.41) is 5.73. The minimum absolute atomic E-state index is 0.154. The fraction of sp³-hybridized carbons (Fsp3) is 0.0476. The van der Waals surface area contributed by atoms with Gasteiger partial charge in [0.1, 0.15) is 0 Å². The predicted molar refractivity (Wildman–Crippen MR) is 113 cm³/mol. The van der Waals surface area contributed by atoms with E-state index >= 15 is 0 Å². The van der Waals surface area contributed by atoms with Gasteiger partial charge in [0.25, 0.3) is 11.8 Å². The van der Waals surface area contributed by atoms with Gasteiger partial charge in [0.15, 0.2) is 0 Å². The van der Waals surface area contributed by atoms with Crippen LogP contribution in [0.25, 0.3) is 0 Å². The summed E-state index contributed by atoms with van der Waals surface area (Å²) in [6, 6.07) is 21.9. The van der Waals surface area contributed by atoms with Crippen LogP contribution < -0.4 is 10.6 Å². The molecule has 2 N–H and O–H groups in total. The first-order valence-corrected chi connectivity index (χ1v) is 9.15. The summed E-state index contributed by atoms with van der Waals surface area (Å²) in [5.74, 6) is -0.314. The molecule has 0 aliphatic heterocycles. The molecule has 0 saturated heterocycles. The summed E-state index contributed by atoms with van der Waals surface area (Å²) >= 11 is 2.14. The fourth-order valence-corrected chi connectivity index (χ4v) is 3.14. The highest BCUT2D eigenvalue weighted by molar-refractivity contribution is 14.1. The molecule has 130 valence electrons. The van der Waals surface area contributed by atoms with Crippen molar-refractivity contribution in [2.45, 2.75) is 6.92 Å². The number of rotatable bonds is 4. The number of benzene rings is 3. The molecule has 3 aromatic rings. The van der Waals surface area contributed by atoms with Crippen molar-refractivity contribution in [2.24, 2.45) is 0 Å². The van der Waals surface area contributed by atoms with E-state index in [0.29, 0.717) is 22.5 Å². The standard InChI is InChI=1S/C21H17IN2O2/c1-14-6-2-3-7-17(14)20(25)23-15-10-12-16(13-11-15)24-21(26)18-8-4-5-9-19(18)22/h2-13H,1H3,(H,23,25)(H,24,26). The Kier molecular flexibility index (Phi) is 5.68. The third-order valence-electron chi connectivity index (χ3n) is 3.91. The molecule has 26 heavy (non-hydrogen) atoms. The fourth-order valence-electron chi connectivity index (χ4n) is 2.51. The van der Waals surface area contributed by atoms with Crippen LogP contribution in [-0.2, 0) is 0 Å². The first-order chi connectivity index (χ1) is 12.5. The largest absolute Gasteiger partial charge is 0.322 e. The number of carbonyl (C=O) groups excluding carboxylic acids is 2. The van der Waals surface area contributed by atoms with Crippen LogP contribution in [0.4, 0.5) is 11.4 Å². The van der Waals surface area contributed by atoms with Crippen LogP contribution in [0.5, 0.6) is 0 Å². The molecule has 2 amide bonds. The summed E-state index contributed by atoms with van der Waals surface area (Å²) in [5.41, 5.74) is 3.54. The molecule has 0 fully saturated rings. The second-order valence-corrected chi connectivity index (χ2v) is 6.94. The molecular weight excluding hydrogens is 439 g/mol. The molecule has 0 atom stereocenters.